The zero-order chi connectivity index (χ0) is 14.6. The van der Waals surface area contributed by atoms with Crippen LogP contribution in [0, 0.1) is 5.92 Å². The summed E-state index contributed by atoms with van der Waals surface area (Å²) in [5.74, 6) is 0.972. The summed E-state index contributed by atoms with van der Waals surface area (Å²) >= 11 is 0. The maximum Gasteiger partial charge on any atom is 0.0965 e. The number of hydrogen-bond donors (Lipinski definition) is 1. The van der Waals surface area contributed by atoms with E-state index in [1.165, 1.54) is 38.5 Å². The van der Waals surface area contributed by atoms with Crippen LogP contribution in [0.4, 0.5) is 0 Å². The van der Waals surface area contributed by atoms with Crippen molar-refractivity contribution in [1.82, 2.24) is 20.3 Å². The highest BCUT2D eigenvalue weighted by Crippen LogP contribution is 2.27. The minimum Gasteiger partial charge on any atom is -0.308 e. The first kappa shape index (κ1) is 15.5. The molecule has 0 radical (unpaired) electrons. The van der Waals surface area contributed by atoms with Gasteiger partial charge < -0.3 is 5.32 Å². The van der Waals surface area contributed by atoms with Crippen LogP contribution in [-0.2, 0) is 12.1 Å². The van der Waals surface area contributed by atoms with Gasteiger partial charge in [0.15, 0.2) is 0 Å². The van der Waals surface area contributed by atoms with E-state index >= 15 is 0 Å². The predicted octanol–water partition coefficient (Wildman–Crippen LogP) is 3.48. The number of nitrogens with zero attached hydrogens (tertiary/aromatic N) is 3. The number of nitrogens with one attached hydrogen (secondary N) is 1. The second-order valence-corrected chi connectivity index (χ2v) is 7.21. The maximum atomic E-state index is 4.26. The molecule has 0 saturated heterocycles. The van der Waals surface area contributed by atoms with Crippen LogP contribution in [0.3, 0.4) is 0 Å². The normalized spacial score (nSPS) is 24.0. The lowest BCUT2D eigenvalue weighted by molar-refractivity contribution is 0.277. The van der Waals surface area contributed by atoms with Crippen molar-refractivity contribution in [2.45, 2.75) is 84.3 Å². The van der Waals surface area contributed by atoms with Crippen LogP contribution in [0.5, 0.6) is 0 Å². The Hall–Kier alpha value is -0.900. The molecular weight excluding hydrogens is 248 g/mol. The molecule has 0 atom stereocenters. The fourth-order valence-corrected chi connectivity index (χ4v) is 3.02. The molecule has 2 rings (SSSR count). The smallest absolute Gasteiger partial charge is 0.0965 e. The fraction of sp³-hybridized carbons (Fsp3) is 0.875. The van der Waals surface area contributed by atoms with Gasteiger partial charge in [-0.3, -0.25) is 0 Å². The van der Waals surface area contributed by atoms with Crippen molar-refractivity contribution in [2.24, 2.45) is 5.92 Å². The average molecular weight is 278 g/mol. The second kappa shape index (κ2) is 6.70. The molecule has 0 unspecified atom stereocenters. The third-order valence-corrected chi connectivity index (χ3v) is 4.34. The number of rotatable bonds is 5. The van der Waals surface area contributed by atoms with Crippen molar-refractivity contribution in [3.8, 4) is 0 Å². The molecule has 114 valence electrons. The number of aromatic nitrogens is 3. The molecule has 1 heterocycles. The van der Waals surface area contributed by atoms with E-state index in [-0.39, 0.29) is 5.54 Å². The van der Waals surface area contributed by atoms with Crippen LogP contribution in [0.25, 0.3) is 0 Å². The van der Waals surface area contributed by atoms with E-state index in [0.717, 1.165) is 18.2 Å². The zero-order valence-electron chi connectivity index (χ0n) is 13.5. The molecule has 1 aromatic rings. The molecule has 4 heteroatoms. The van der Waals surface area contributed by atoms with Gasteiger partial charge >= 0.3 is 0 Å². The lowest BCUT2D eigenvalue weighted by Crippen LogP contribution is -2.32. The van der Waals surface area contributed by atoms with E-state index in [4.69, 9.17) is 0 Å². The van der Waals surface area contributed by atoms with Gasteiger partial charge in [0.2, 0.25) is 0 Å². The van der Waals surface area contributed by atoms with Gasteiger partial charge in [-0.15, -0.1) is 5.10 Å². The first-order chi connectivity index (χ1) is 9.49. The molecule has 4 nitrogen and oxygen atoms in total. The molecule has 1 aromatic heterocycles. The summed E-state index contributed by atoms with van der Waals surface area (Å²) in [7, 11) is 0. The Labute approximate surface area is 123 Å². The van der Waals surface area contributed by atoms with E-state index < -0.39 is 0 Å². The molecule has 0 aromatic carbocycles. The van der Waals surface area contributed by atoms with Gasteiger partial charge in [0.1, 0.15) is 0 Å². The van der Waals surface area contributed by atoms with Gasteiger partial charge in [0.25, 0.3) is 0 Å². The summed E-state index contributed by atoms with van der Waals surface area (Å²) in [6.07, 6.45) is 10.2. The van der Waals surface area contributed by atoms with Gasteiger partial charge in [-0.2, -0.15) is 0 Å². The molecule has 0 aliphatic heterocycles. The van der Waals surface area contributed by atoms with E-state index in [9.17, 15) is 0 Å². The zero-order valence-corrected chi connectivity index (χ0v) is 13.5. The lowest BCUT2D eigenvalue weighted by Gasteiger charge is -2.28. The molecule has 0 bridgehead atoms. The van der Waals surface area contributed by atoms with Crippen LogP contribution in [0.1, 0.15) is 71.9 Å². The Kier molecular flexibility index (Phi) is 5.19. The first-order valence-corrected chi connectivity index (χ1v) is 8.14. The number of hydrogen-bond acceptors (Lipinski definition) is 3. The van der Waals surface area contributed by atoms with Crippen molar-refractivity contribution in [1.29, 1.82) is 0 Å². The SMILES string of the molecule is CCCC1CCC(NCc2cn(C(C)(C)C)nn2)CC1. The predicted molar refractivity (Wildman–Crippen MR) is 82.5 cm³/mol. The Morgan fingerprint density at radius 3 is 2.50 bits per heavy atom. The third-order valence-electron chi connectivity index (χ3n) is 4.34. The largest absolute Gasteiger partial charge is 0.308 e. The summed E-state index contributed by atoms with van der Waals surface area (Å²) in [6.45, 7) is 9.58. The van der Waals surface area contributed by atoms with Crippen molar-refractivity contribution in [2.75, 3.05) is 0 Å². The minimum absolute atomic E-state index is 0.0173. The average Bonchev–Trinajstić information content (AvgIpc) is 2.87. The molecule has 1 saturated carbocycles. The van der Waals surface area contributed by atoms with Crippen molar-refractivity contribution < 1.29 is 0 Å². The van der Waals surface area contributed by atoms with Crippen molar-refractivity contribution in [3.63, 3.8) is 0 Å². The van der Waals surface area contributed by atoms with Crippen LogP contribution >= 0.6 is 0 Å². The first-order valence-electron chi connectivity index (χ1n) is 8.14. The molecule has 1 aliphatic rings. The molecule has 1 fully saturated rings. The van der Waals surface area contributed by atoms with Gasteiger partial charge in [0.05, 0.1) is 17.4 Å². The van der Waals surface area contributed by atoms with E-state index in [0.29, 0.717) is 6.04 Å². The summed E-state index contributed by atoms with van der Waals surface area (Å²) in [5.41, 5.74) is 1.07. The van der Waals surface area contributed by atoms with Gasteiger partial charge in [0, 0.05) is 12.6 Å². The summed E-state index contributed by atoms with van der Waals surface area (Å²) < 4.78 is 1.95. The standard InChI is InChI=1S/C16H30N4/c1-5-6-13-7-9-14(10-8-13)17-11-15-12-20(19-18-15)16(2,3)4/h12-14,17H,5-11H2,1-4H3. The highest BCUT2D eigenvalue weighted by atomic mass is 15.4. The van der Waals surface area contributed by atoms with Crippen LogP contribution in [0.15, 0.2) is 6.20 Å². The highest BCUT2D eigenvalue weighted by Gasteiger charge is 2.20. The Balaban J connectivity index is 1.75. The van der Waals surface area contributed by atoms with E-state index in [1.54, 1.807) is 0 Å². The second-order valence-electron chi connectivity index (χ2n) is 7.21. The fourth-order valence-electron chi connectivity index (χ4n) is 3.02. The highest BCUT2D eigenvalue weighted by molar-refractivity contribution is 4.95. The van der Waals surface area contributed by atoms with E-state index in [2.05, 4.69) is 49.5 Å². The molecule has 0 spiro atoms. The molecular formula is C16H30N4. The van der Waals surface area contributed by atoms with Crippen LogP contribution in [-0.4, -0.2) is 21.0 Å². The van der Waals surface area contributed by atoms with Gasteiger partial charge in [-0.25, -0.2) is 4.68 Å². The molecule has 1 N–H and O–H groups in total. The Morgan fingerprint density at radius 2 is 1.95 bits per heavy atom. The summed E-state index contributed by atoms with van der Waals surface area (Å²) in [5, 5.41) is 12.1. The van der Waals surface area contributed by atoms with E-state index in [1.807, 2.05) is 4.68 Å². The quantitative estimate of drug-likeness (QED) is 0.896. The summed E-state index contributed by atoms with van der Waals surface area (Å²) in [4.78, 5) is 0. The van der Waals surface area contributed by atoms with Crippen molar-refractivity contribution >= 4 is 0 Å². The van der Waals surface area contributed by atoms with Crippen LogP contribution in [0.2, 0.25) is 0 Å². The topological polar surface area (TPSA) is 42.7 Å². The molecule has 0 amide bonds. The molecule has 1 aliphatic carbocycles. The lowest BCUT2D eigenvalue weighted by atomic mass is 9.83. The monoisotopic (exact) mass is 278 g/mol. The Morgan fingerprint density at radius 1 is 1.25 bits per heavy atom. The third kappa shape index (κ3) is 4.30. The van der Waals surface area contributed by atoms with Crippen LogP contribution < -0.4 is 5.32 Å². The van der Waals surface area contributed by atoms with Crippen molar-refractivity contribution in [3.05, 3.63) is 11.9 Å². The minimum atomic E-state index is 0.0173. The summed E-state index contributed by atoms with van der Waals surface area (Å²) in [6, 6.07) is 0.669. The molecule has 20 heavy (non-hydrogen) atoms. The van der Waals surface area contributed by atoms with Gasteiger partial charge in [-0.1, -0.05) is 25.0 Å². The maximum absolute atomic E-state index is 4.26. The van der Waals surface area contributed by atoms with Gasteiger partial charge in [-0.05, 0) is 52.4 Å². The Bertz CT molecular complexity index is 397.